The van der Waals surface area contributed by atoms with E-state index in [2.05, 4.69) is 17.1 Å². The first-order chi connectivity index (χ1) is 11.8. The molecule has 3 aromatic rings. The summed E-state index contributed by atoms with van der Waals surface area (Å²) in [7, 11) is 1.89. The second-order valence-corrected chi connectivity index (χ2v) is 7.69. The first-order valence-electron chi connectivity index (χ1n) is 7.43. The van der Waals surface area contributed by atoms with Gasteiger partial charge in [0.2, 0.25) is 0 Å². The molecule has 25 heavy (non-hydrogen) atoms. The van der Waals surface area contributed by atoms with Crippen molar-refractivity contribution in [2.75, 3.05) is 0 Å². The first-order valence-corrected chi connectivity index (χ1v) is 9.06. The molecule has 0 saturated heterocycles. The Bertz CT molecular complexity index is 1090. The second-order valence-electron chi connectivity index (χ2n) is 5.59. The van der Waals surface area contributed by atoms with Crippen molar-refractivity contribution in [1.82, 2.24) is 4.57 Å². The third-order valence-corrected chi connectivity index (χ3v) is 5.70. The molecule has 0 radical (unpaired) electrons. The van der Waals surface area contributed by atoms with Crippen LogP contribution in [0.5, 0.6) is 0 Å². The first kappa shape index (κ1) is 17.2. The van der Waals surface area contributed by atoms with Crippen molar-refractivity contribution in [3.05, 3.63) is 61.3 Å². The van der Waals surface area contributed by atoms with Gasteiger partial charge in [0.15, 0.2) is 4.80 Å². The minimum Gasteiger partial charge on any atom is -0.319 e. The molecule has 128 valence electrons. The van der Waals surface area contributed by atoms with Gasteiger partial charge in [0.1, 0.15) is 0 Å². The summed E-state index contributed by atoms with van der Waals surface area (Å²) in [4.78, 5) is 27.8. The lowest BCUT2D eigenvalue weighted by molar-refractivity contribution is -0.380. The molecule has 0 bridgehead atoms. The van der Waals surface area contributed by atoms with Crippen molar-refractivity contribution in [2.24, 2.45) is 12.0 Å². The monoisotopic (exact) mass is 373 g/mol. The lowest BCUT2D eigenvalue weighted by Gasteiger charge is -2.01. The van der Waals surface area contributed by atoms with Gasteiger partial charge in [-0.05, 0) is 43.2 Å². The number of thiophene rings is 1. The molecule has 0 fully saturated rings. The maximum absolute atomic E-state index is 12.1. The maximum Gasteiger partial charge on any atom is 0.324 e. The Morgan fingerprint density at radius 3 is 2.72 bits per heavy atom. The minimum absolute atomic E-state index is 0.0470. The normalized spacial score (nSPS) is 12.4. The number of thiazole rings is 1. The van der Waals surface area contributed by atoms with Crippen molar-refractivity contribution >= 4 is 49.9 Å². The Morgan fingerprint density at radius 1 is 1.28 bits per heavy atom. The van der Waals surface area contributed by atoms with Crippen LogP contribution < -0.4 is 4.80 Å². The molecule has 0 aliphatic heterocycles. The maximum atomic E-state index is 12.1. The second kappa shape index (κ2) is 6.73. The van der Waals surface area contributed by atoms with Gasteiger partial charge in [-0.15, -0.1) is 0 Å². The number of carbonyl (C=O) groups is 1. The molecule has 3 rings (SSSR count). The van der Waals surface area contributed by atoms with Gasteiger partial charge in [0.05, 0.1) is 15.1 Å². The molecule has 2 heterocycles. The number of amides is 1. The summed E-state index contributed by atoms with van der Waals surface area (Å²) in [5, 5.41) is 10.7. The highest BCUT2D eigenvalue weighted by molar-refractivity contribution is 7.16. The Hall–Kier alpha value is -2.58. The Labute approximate surface area is 151 Å². The fraction of sp³-hybridized carbons (Fsp3) is 0.176. The molecule has 0 atom stereocenters. The Morgan fingerprint density at radius 2 is 2.04 bits per heavy atom. The number of aryl methyl sites for hydroxylation is 3. The van der Waals surface area contributed by atoms with Crippen LogP contribution in [0.2, 0.25) is 0 Å². The van der Waals surface area contributed by atoms with Crippen molar-refractivity contribution < 1.29 is 9.72 Å². The Kier molecular flexibility index (Phi) is 4.65. The van der Waals surface area contributed by atoms with Crippen molar-refractivity contribution in [1.29, 1.82) is 0 Å². The summed E-state index contributed by atoms with van der Waals surface area (Å²) in [5.41, 5.74) is 3.38. The molecule has 8 heteroatoms. The minimum atomic E-state index is -0.449. The fourth-order valence-electron chi connectivity index (χ4n) is 2.60. The van der Waals surface area contributed by atoms with E-state index in [-0.39, 0.29) is 5.00 Å². The van der Waals surface area contributed by atoms with E-state index in [1.54, 1.807) is 12.1 Å². The summed E-state index contributed by atoms with van der Waals surface area (Å²) in [6.07, 6.45) is 2.88. The number of fused-ring (bicyclic) bond motifs is 1. The summed E-state index contributed by atoms with van der Waals surface area (Å²) in [5.74, 6) is -0.396. The number of hydrogen-bond acceptors (Lipinski definition) is 5. The van der Waals surface area contributed by atoms with Crippen molar-refractivity contribution in [3.63, 3.8) is 0 Å². The third kappa shape index (κ3) is 3.59. The predicted octanol–water partition coefficient (Wildman–Crippen LogP) is 3.97. The van der Waals surface area contributed by atoms with Crippen LogP contribution in [0.3, 0.4) is 0 Å². The van der Waals surface area contributed by atoms with Crippen LogP contribution in [0.4, 0.5) is 5.00 Å². The number of aromatic nitrogens is 1. The van der Waals surface area contributed by atoms with Gasteiger partial charge < -0.3 is 4.57 Å². The summed E-state index contributed by atoms with van der Waals surface area (Å²) in [6.45, 7) is 4.08. The van der Waals surface area contributed by atoms with Crippen LogP contribution in [-0.4, -0.2) is 15.4 Å². The topological polar surface area (TPSA) is 77.5 Å². The lowest BCUT2D eigenvalue weighted by atomic mass is 10.1. The standard InChI is InChI=1S/C17H15N3O3S2/c1-10-8-11(2)16-13(9-10)25-17(19(16)3)18-14(21)6-4-12-5-7-15(24-12)20(22)23/h4-9H,1-3H3. The molecule has 2 aromatic heterocycles. The van der Waals surface area contributed by atoms with E-state index >= 15 is 0 Å². The molecule has 0 spiro atoms. The Balaban J connectivity index is 1.92. The smallest absolute Gasteiger partial charge is 0.319 e. The number of nitro groups is 1. The highest BCUT2D eigenvalue weighted by atomic mass is 32.1. The van der Waals surface area contributed by atoms with Gasteiger partial charge in [-0.2, -0.15) is 4.99 Å². The number of carbonyl (C=O) groups excluding carboxylic acids is 1. The number of benzene rings is 1. The molecule has 0 unspecified atom stereocenters. The fourth-order valence-corrected chi connectivity index (χ4v) is 4.53. The van der Waals surface area contributed by atoms with Crippen molar-refractivity contribution in [2.45, 2.75) is 13.8 Å². The molecule has 6 nitrogen and oxygen atoms in total. The van der Waals surface area contributed by atoms with Crippen LogP contribution in [0.25, 0.3) is 16.3 Å². The van der Waals surface area contributed by atoms with Crippen LogP contribution >= 0.6 is 22.7 Å². The van der Waals surface area contributed by atoms with Crippen LogP contribution in [0, 0.1) is 24.0 Å². The summed E-state index contributed by atoms with van der Waals surface area (Å²) >= 11 is 2.48. The highest BCUT2D eigenvalue weighted by Gasteiger charge is 2.09. The highest BCUT2D eigenvalue weighted by Crippen LogP contribution is 2.25. The average molecular weight is 373 g/mol. The third-order valence-electron chi connectivity index (χ3n) is 3.62. The van der Waals surface area contributed by atoms with E-state index in [0.29, 0.717) is 9.68 Å². The van der Waals surface area contributed by atoms with Gasteiger partial charge >= 0.3 is 5.00 Å². The lowest BCUT2D eigenvalue weighted by Crippen LogP contribution is -2.12. The largest absolute Gasteiger partial charge is 0.324 e. The molecule has 0 aliphatic carbocycles. The van der Waals surface area contributed by atoms with E-state index in [1.165, 1.54) is 29.0 Å². The van der Waals surface area contributed by atoms with E-state index in [4.69, 9.17) is 0 Å². The predicted molar refractivity (Wildman–Crippen MR) is 101 cm³/mol. The van der Waals surface area contributed by atoms with Gasteiger partial charge in [-0.3, -0.25) is 14.9 Å². The quantitative estimate of drug-likeness (QED) is 0.396. The van der Waals surface area contributed by atoms with Gasteiger partial charge in [-0.1, -0.05) is 28.7 Å². The van der Waals surface area contributed by atoms with Crippen LogP contribution in [0.1, 0.15) is 16.0 Å². The van der Waals surface area contributed by atoms with Crippen LogP contribution in [-0.2, 0) is 11.8 Å². The van der Waals surface area contributed by atoms with E-state index in [1.807, 2.05) is 25.5 Å². The van der Waals surface area contributed by atoms with Crippen molar-refractivity contribution in [3.8, 4) is 0 Å². The van der Waals surface area contributed by atoms with Crippen LogP contribution in [0.15, 0.2) is 35.3 Å². The number of hydrogen-bond donors (Lipinski definition) is 0. The van der Waals surface area contributed by atoms with E-state index < -0.39 is 10.8 Å². The molecule has 0 N–H and O–H groups in total. The number of nitrogens with zero attached hydrogens (tertiary/aromatic N) is 3. The number of rotatable bonds is 3. The zero-order valence-electron chi connectivity index (χ0n) is 13.8. The molecular weight excluding hydrogens is 358 g/mol. The zero-order valence-corrected chi connectivity index (χ0v) is 15.5. The van der Waals surface area contributed by atoms with Gasteiger partial charge in [0, 0.05) is 24.1 Å². The molecular formula is C17H15N3O3S2. The summed E-state index contributed by atoms with van der Waals surface area (Å²) in [6, 6.07) is 7.21. The molecule has 0 saturated carbocycles. The average Bonchev–Trinajstić information content (AvgIpc) is 3.11. The molecule has 0 aliphatic rings. The van der Waals surface area contributed by atoms with E-state index in [0.717, 1.165) is 27.1 Å². The molecule has 1 amide bonds. The zero-order chi connectivity index (χ0) is 18.1. The van der Waals surface area contributed by atoms with Gasteiger partial charge in [-0.25, -0.2) is 0 Å². The summed E-state index contributed by atoms with van der Waals surface area (Å²) < 4.78 is 3.00. The SMILES string of the molecule is Cc1cc(C)c2c(c1)sc(=NC(=O)C=Cc1ccc([N+](=O)[O-])s1)n2C. The van der Waals surface area contributed by atoms with E-state index in [9.17, 15) is 14.9 Å². The van der Waals surface area contributed by atoms with Gasteiger partial charge in [0.25, 0.3) is 5.91 Å². The molecule has 1 aromatic carbocycles.